The number of nitrogens with one attached hydrogen (secondary N) is 1. The molecule has 6 heteroatoms. The van der Waals surface area contributed by atoms with Crippen LogP contribution in [-0.2, 0) is 16.4 Å². The minimum absolute atomic E-state index is 0.188. The quantitative estimate of drug-likeness (QED) is 0.829. The number of benzene rings is 2. The lowest BCUT2D eigenvalue weighted by molar-refractivity contribution is 0.414. The Morgan fingerprint density at radius 2 is 1.67 bits per heavy atom. The predicted octanol–water partition coefficient (Wildman–Crippen LogP) is 3.28. The molecule has 21 heavy (non-hydrogen) atoms. The van der Waals surface area contributed by atoms with E-state index in [1.54, 1.807) is 24.3 Å². The highest BCUT2D eigenvalue weighted by atomic mass is 35.5. The van der Waals surface area contributed by atoms with Crippen molar-refractivity contribution in [1.82, 2.24) is 0 Å². The molecule has 0 unspecified atom stereocenters. The summed E-state index contributed by atoms with van der Waals surface area (Å²) in [7, 11) is -2.06. The molecule has 0 radical (unpaired) electrons. The van der Waals surface area contributed by atoms with Gasteiger partial charge in [0.25, 0.3) is 10.0 Å². The van der Waals surface area contributed by atoms with Crippen molar-refractivity contribution in [2.75, 3.05) is 17.7 Å². The van der Waals surface area contributed by atoms with Gasteiger partial charge in [-0.05, 0) is 48.4 Å². The SMILES string of the molecule is COc1ccc(S(=O)(=O)Nc2ccc(CCCl)cc2)cc1. The monoisotopic (exact) mass is 325 g/mol. The van der Waals surface area contributed by atoms with Crippen LogP contribution in [0.25, 0.3) is 0 Å². The zero-order valence-corrected chi connectivity index (χ0v) is 13.1. The van der Waals surface area contributed by atoms with Gasteiger partial charge in [0.05, 0.1) is 12.0 Å². The van der Waals surface area contributed by atoms with Crippen LogP contribution in [0.15, 0.2) is 53.4 Å². The van der Waals surface area contributed by atoms with Crippen LogP contribution in [0.5, 0.6) is 5.75 Å². The predicted molar refractivity (Wildman–Crippen MR) is 84.7 cm³/mol. The molecule has 112 valence electrons. The molecule has 4 nitrogen and oxygen atoms in total. The smallest absolute Gasteiger partial charge is 0.261 e. The average molecular weight is 326 g/mol. The normalized spacial score (nSPS) is 11.1. The minimum Gasteiger partial charge on any atom is -0.497 e. The lowest BCUT2D eigenvalue weighted by Gasteiger charge is -2.09. The number of hydrogen-bond acceptors (Lipinski definition) is 3. The van der Waals surface area contributed by atoms with Crippen molar-refractivity contribution >= 4 is 27.3 Å². The fraction of sp³-hybridized carbons (Fsp3) is 0.200. The van der Waals surface area contributed by atoms with E-state index in [1.807, 2.05) is 12.1 Å². The van der Waals surface area contributed by atoms with Gasteiger partial charge in [-0.3, -0.25) is 4.72 Å². The Morgan fingerprint density at radius 1 is 1.05 bits per heavy atom. The molecule has 0 spiro atoms. The van der Waals surface area contributed by atoms with Crippen molar-refractivity contribution < 1.29 is 13.2 Å². The van der Waals surface area contributed by atoms with Gasteiger partial charge in [0.2, 0.25) is 0 Å². The van der Waals surface area contributed by atoms with E-state index in [4.69, 9.17) is 16.3 Å². The molecule has 2 aromatic carbocycles. The number of methoxy groups -OCH3 is 1. The average Bonchev–Trinajstić information content (AvgIpc) is 2.49. The minimum atomic E-state index is -3.60. The van der Waals surface area contributed by atoms with Crippen molar-refractivity contribution in [3.8, 4) is 5.75 Å². The fourth-order valence-electron chi connectivity index (χ4n) is 1.82. The molecule has 0 aliphatic carbocycles. The molecule has 0 heterocycles. The van der Waals surface area contributed by atoms with Gasteiger partial charge in [-0.15, -0.1) is 11.6 Å². The van der Waals surface area contributed by atoms with Gasteiger partial charge in [0, 0.05) is 11.6 Å². The van der Waals surface area contributed by atoms with Crippen LogP contribution in [0.2, 0.25) is 0 Å². The van der Waals surface area contributed by atoms with Crippen LogP contribution in [0.4, 0.5) is 5.69 Å². The lowest BCUT2D eigenvalue weighted by Crippen LogP contribution is -2.12. The van der Waals surface area contributed by atoms with Gasteiger partial charge in [0.1, 0.15) is 5.75 Å². The Balaban J connectivity index is 2.16. The van der Waals surface area contributed by atoms with Gasteiger partial charge >= 0.3 is 0 Å². The number of aryl methyl sites for hydroxylation is 1. The van der Waals surface area contributed by atoms with E-state index >= 15 is 0 Å². The summed E-state index contributed by atoms with van der Waals surface area (Å²) in [5, 5.41) is 0. The molecule has 2 aromatic rings. The fourth-order valence-corrected chi connectivity index (χ4v) is 3.09. The second-order valence-corrected chi connectivity index (χ2v) is 6.48. The first kappa shape index (κ1) is 15.7. The number of alkyl halides is 1. The number of hydrogen-bond donors (Lipinski definition) is 1. The van der Waals surface area contributed by atoms with Crippen molar-refractivity contribution in [1.29, 1.82) is 0 Å². The highest BCUT2D eigenvalue weighted by Gasteiger charge is 2.14. The zero-order chi connectivity index (χ0) is 15.3. The number of rotatable bonds is 6. The number of anilines is 1. The van der Waals surface area contributed by atoms with E-state index in [1.165, 1.54) is 19.2 Å². The summed E-state index contributed by atoms with van der Waals surface area (Å²) in [5.41, 5.74) is 1.58. The standard InChI is InChI=1S/C15H16ClNO3S/c1-20-14-6-8-15(9-7-14)21(18,19)17-13-4-2-12(3-5-13)10-11-16/h2-9,17H,10-11H2,1H3. The van der Waals surface area contributed by atoms with Crippen LogP contribution in [0.3, 0.4) is 0 Å². The third-order valence-electron chi connectivity index (χ3n) is 2.96. The first-order valence-corrected chi connectivity index (χ1v) is 8.39. The molecule has 0 saturated carbocycles. The van der Waals surface area contributed by atoms with E-state index in [0.29, 0.717) is 17.3 Å². The second kappa shape index (κ2) is 6.83. The van der Waals surface area contributed by atoms with E-state index < -0.39 is 10.0 Å². The first-order valence-electron chi connectivity index (χ1n) is 6.37. The summed E-state index contributed by atoms with van der Waals surface area (Å²) in [6.07, 6.45) is 0.757. The Kier molecular flexibility index (Phi) is 5.09. The number of halogens is 1. The maximum absolute atomic E-state index is 12.2. The Morgan fingerprint density at radius 3 is 2.19 bits per heavy atom. The van der Waals surface area contributed by atoms with E-state index in [-0.39, 0.29) is 4.90 Å². The van der Waals surface area contributed by atoms with Crippen LogP contribution < -0.4 is 9.46 Å². The molecule has 0 fully saturated rings. The van der Waals surface area contributed by atoms with Crippen molar-refractivity contribution in [3.05, 3.63) is 54.1 Å². The molecule has 0 atom stereocenters. The molecule has 0 aliphatic heterocycles. The van der Waals surface area contributed by atoms with Gasteiger partial charge < -0.3 is 4.74 Å². The van der Waals surface area contributed by atoms with Crippen LogP contribution in [0.1, 0.15) is 5.56 Å². The topological polar surface area (TPSA) is 55.4 Å². The molecule has 1 N–H and O–H groups in total. The molecule has 0 bridgehead atoms. The van der Waals surface area contributed by atoms with Crippen LogP contribution in [-0.4, -0.2) is 21.4 Å². The maximum Gasteiger partial charge on any atom is 0.261 e. The molecule has 2 rings (SSSR count). The van der Waals surface area contributed by atoms with Crippen molar-refractivity contribution in [2.45, 2.75) is 11.3 Å². The van der Waals surface area contributed by atoms with Gasteiger partial charge in [0.15, 0.2) is 0 Å². The molecule has 0 saturated heterocycles. The highest BCUT2D eigenvalue weighted by molar-refractivity contribution is 7.92. The third-order valence-corrected chi connectivity index (χ3v) is 4.55. The summed E-state index contributed by atoms with van der Waals surface area (Å²) in [5.74, 6) is 1.15. The molecular weight excluding hydrogens is 310 g/mol. The summed E-state index contributed by atoms with van der Waals surface area (Å²) in [6.45, 7) is 0. The van der Waals surface area contributed by atoms with Gasteiger partial charge in [-0.25, -0.2) is 8.42 Å². The lowest BCUT2D eigenvalue weighted by atomic mass is 10.2. The van der Waals surface area contributed by atoms with E-state index in [2.05, 4.69) is 4.72 Å². The van der Waals surface area contributed by atoms with Crippen molar-refractivity contribution in [2.24, 2.45) is 0 Å². The summed E-state index contributed by atoms with van der Waals surface area (Å²) in [4.78, 5) is 0.188. The zero-order valence-electron chi connectivity index (χ0n) is 11.5. The molecule has 0 aromatic heterocycles. The summed E-state index contributed by atoms with van der Waals surface area (Å²) < 4.78 is 32.0. The summed E-state index contributed by atoms with van der Waals surface area (Å²) >= 11 is 5.67. The van der Waals surface area contributed by atoms with Crippen LogP contribution in [0, 0.1) is 0 Å². The molecular formula is C15H16ClNO3S. The summed E-state index contributed by atoms with van der Waals surface area (Å²) in [6, 6.07) is 13.4. The van der Waals surface area contributed by atoms with Crippen LogP contribution >= 0.6 is 11.6 Å². The first-order chi connectivity index (χ1) is 10.0. The Bertz CT molecular complexity index is 682. The third kappa shape index (κ3) is 4.12. The molecule has 0 amide bonds. The van der Waals surface area contributed by atoms with Gasteiger partial charge in [-0.2, -0.15) is 0 Å². The van der Waals surface area contributed by atoms with E-state index in [0.717, 1.165) is 12.0 Å². The Labute approximate surface area is 129 Å². The second-order valence-electron chi connectivity index (χ2n) is 4.42. The Hall–Kier alpha value is -1.72. The van der Waals surface area contributed by atoms with E-state index in [9.17, 15) is 8.42 Å². The maximum atomic E-state index is 12.2. The molecule has 0 aliphatic rings. The largest absolute Gasteiger partial charge is 0.497 e. The van der Waals surface area contributed by atoms with Gasteiger partial charge in [-0.1, -0.05) is 12.1 Å². The number of sulfonamides is 1. The number of ether oxygens (including phenoxy) is 1. The highest BCUT2D eigenvalue weighted by Crippen LogP contribution is 2.19. The van der Waals surface area contributed by atoms with Crippen molar-refractivity contribution in [3.63, 3.8) is 0 Å².